The van der Waals surface area contributed by atoms with E-state index in [0.29, 0.717) is 26.3 Å². The molecule has 0 spiro atoms. The van der Waals surface area contributed by atoms with Gasteiger partial charge in [-0.1, -0.05) is 48.5 Å². The van der Waals surface area contributed by atoms with Crippen molar-refractivity contribution in [3.63, 3.8) is 0 Å². The molecule has 0 aliphatic carbocycles. The molecule has 0 aliphatic heterocycles. The van der Waals surface area contributed by atoms with E-state index in [2.05, 4.69) is 10.3 Å². The highest BCUT2D eigenvalue weighted by Gasteiger charge is 2.23. The molecule has 2 aromatic heterocycles. The highest BCUT2D eigenvalue weighted by molar-refractivity contribution is 7.20. The molecule has 8 heteroatoms. The van der Waals surface area contributed by atoms with Crippen LogP contribution in [0.5, 0.6) is 0 Å². The third-order valence-corrected chi connectivity index (χ3v) is 6.29. The third kappa shape index (κ3) is 4.31. The lowest BCUT2D eigenvalue weighted by Crippen LogP contribution is -2.29. The van der Waals surface area contributed by atoms with Crippen molar-refractivity contribution in [3.05, 3.63) is 93.3 Å². The fourth-order valence-electron chi connectivity index (χ4n) is 3.30. The zero-order chi connectivity index (χ0) is 22.7. The molecule has 7 nitrogen and oxygen atoms in total. The summed E-state index contributed by atoms with van der Waals surface area (Å²) < 4.78 is 6.61. The molecule has 2 aromatic carbocycles. The van der Waals surface area contributed by atoms with Crippen LogP contribution in [0.4, 0.5) is 5.69 Å². The van der Waals surface area contributed by atoms with Gasteiger partial charge >= 0.3 is 5.97 Å². The first-order valence-corrected chi connectivity index (χ1v) is 10.8. The highest BCUT2D eigenvalue weighted by atomic mass is 32.1. The first-order valence-electron chi connectivity index (χ1n) is 10.0. The summed E-state index contributed by atoms with van der Waals surface area (Å²) in [6, 6.07) is 17.5. The van der Waals surface area contributed by atoms with E-state index in [0.717, 1.165) is 16.9 Å². The van der Waals surface area contributed by atoms with Crippen LogP contribution in [0.15, 0.2) is 71.8 Å². The molecule has 1 atom stereocenters. The van der Waals surface area contributed by atoms with E-state index in [9.17, 15) is 14.4 Å². The lowest BCUT2D eigenvalue weighted by Gasteiger charge is -2.14. The van der Waals surface area contributed by atoms with Crippen molar-refractivity contribution in [2.75, 3.05) is 5.32 Å². The number of carbonyl (C=O) groups excluding carboxylic acids is 2. The molecule has 1 N–H and O–H groups in total. The van der Waals surface area contributed by atoms with Gasteiger partial charge in [0.25, 0.3) is 11.5 Å². The summed E-state index contributed by atoms with van der Waals surface area (Å²) in [4.78, 5) is 43.6. The maximum absolute atomic E-state index is 13.2. The van der Waals surface area contributed by atoms with Gasteiger partial charge in [0.15, 0.2) is 0 Å². The molecule has 32 heavy (non-hydrogen) atoms. The molecular weight excluding hydrogens is 426 g/mol. The number of hydrogen-bond donors (Lipinski definition) is 1. The fourth-order valence-corrected chi connectivity index (χ4v) is 4.34. The molecule has 0 fully saturated rings. The largest absolute Gasteiger partial charge is 0.459 e. The number of aryl methyl sites for hydroxylation is 1. The average molecular weight is 448 g/mol. The number of ether oxygens (including phenoxy) is 1. The van der Waals surface area contributed by atoms with Gasteiger partial charge in [-0.3, -0.25) is 14.2 Å². The fraction of sp³-hybridized carbons (Fsp3) is 0.167. The average Bonchev–Trinajstić information content (AvgIpc) is 3.16. The van der Waals surface area contributed by atoms with Crippen molar-refractivity contribution < 1.29 is 14.3 Å². The molecule has 0 saturated carbocycles. The third-order valence-electron chi connectivity index (χ3n) is 5.10. The van der Waals surface area contributed by atoms with E-state index in [1.165, 1.54) is 10.9 Å². The monoisotopic (exact) mass is 447 g/mol. The van der Waals surface area contributed by atoms with Gasteiger partial charge in [-0.15, -0.1) is 11.3 Å². The van der Waals surface area contributed by atoms with Gasteiger partial charge in [0.1, 0.15) is 17.5 Å². The second kappa shape index (κ2) is 9.15. The van der Waals surface area contributed by atoms with Crippen LogP contribution in [0.2, 0.25) is 0 Å². The first-order chi connectivity index (χ1) is 15.5. The molecule has 0 bridgehead atoms. The van der Waals surface area contributed by atoms with Crippen molar-refractivity contribution >= 4 is 39.1 Å². The Hall–Kier alpha value is -3.78. The van der Waals surface area contributed by atoms with Crippen molar-refractivity contribution in [1.29, 1.82) is 0 Å². The number of hydrogen-bond acceptors (Lipinski definition) is 6. The topological polar surface area (TPSA) is 90.3 Å². The van der Waals surface area contributed by atoms with Crippen LogP contribution in [0.25, 0.3) is 10.2 Å². The number of amides is 1. The van der Waals surface area contributed by atoms with Crippen LogP contribution in [0, 0.1) is 6.92 Å². The first kappa shape index (κ1) is 21.5. The van der Waals surface area contributed by atoms with E-state index in [1.54, 1.807) is 26.0 Å². The minimum Gasteiger partial charge on any atom is -0.459 e. The van der Waals surface area contributed by atoms with Crippen LogP contribution in [0.1, 0.15) is 33.8 Å². The van der Waals surface area contributed by atoms with Crippen LogP contribution in [0.3, 0.4) is 0 Å². The maximum Gasteiger partial charge on any atom is 0.329 e. The predicted octanol–water partition coefficient (Wildman–Crippen LogP) is 4.32. The Morgan fingerprint density at radius 2 is 1.75 bits per heavy atom. The van der Waals surface area contributed by atoms with Crippen molar-refractivity contribution in [2.45, 2.75) is 26.5 Å². The summed E-state index contributed by atoms with van der Waals surface area (Å²) in [5, 5.41) is 3.16. The Morgan fingerprint density at radius 1 is 1.09 bits per heavy atom. The van der Waals surface area contributed by atoms with Crippen molar-refractivity contribution in [1.82, 2.24) is 9.55 Å². The van der Waals surface area contributed by atoms with E-state index >= 15 is 0 Å². The quantitative estimate of drug-likeness (QED) is 0.445. The van der Waals surface area contributed by atoms with Gasteiger partial charge in [-0.25, -0.2) is 9.78 Å². The number of aromatic nitrogens is 2. The maximum atomic E-state index is 13.2. The molecule has 0 saturated heterocycles. The van der Waals surface area contributed by atoms with Gasteiger partial charge in [0, 0.05) is 5.69 Å². The number of rotatable bonds is 6. The highest BCUT2D eigenvalue weighted by Crippen LogP contribution is 2.28. The summed E-state index contributed by atoms with van der Waals surface area (Å²) in [7, 11) is 0. The summed E-state index contributed by atoms with van der Waals surface area (Å²) in [5.41, 5.74) is 1.67. The zero-order valence-corrected chi connectivity index (χ0v) is 18.4. The number of nitrogens with zero attached hydrogens (tertiary/aromatic N) is 2. The molecular formula is C24H21N3O4S. The summed E-state index contributed by atoms with van der Waals surface area (Å²) in [6.45, 7) is 3.42. The minimum absolute atomic E-state index is 0.121. The van der Waals surface area contributed by atoms with Gasteiger partial charge < -0.3 is 10.1 Å². The molecule has 4 aromatic rings. The summed E-state index contributed by atoms with van der Waals surface area (Å²) >= 11 is 1.15. The van der Waals surface area contributed by atoms with Gasteiger partial charge in [0.05, 0.1) is 16.6 Å². The smallest absolute Gasteiger partial charge is 0.329 e. The normalized spacial score (nSPS) is 11.8. The molecule has 0 radical (unpaired) electrons. The number of fused-ring (bicyclic) bond motifs is 1. The standard InChI is InChI=1S/C24H21N3O4S/c1-15-19-22(32-20(15)21(28)26-18-11-7-4-8-12-18)25-14-27(23(19)29)16(2)24(30)31-13-17-9-5-3-6-10-17/h3-12,14,16H,13H2,1-2H3,(H,26,28)/t16-/m1/s1. The molecule has 162 valence electrons. The lowest BCUT2D eigenvalue weighted by atomic mass is 10.2. The van der Waals surface area contributed by atoms with Crippen molar-refractivity contribution in [3.8, 4) is 0 Å². The zero-order valence-electron chi connectivity index (χ0n) is 17.6. The van der Waals surface area contributed by atoms with E-state index in [-0.39, 0.29) is 18.1 Å². The van der Waals surface area contributed by atoms with E-state index in [1.807, 2.05) is 48.5 Å². The molecule has 4 rings (SSSR count). The van der Waals surface area contributed by atoms with Crippen LogP contribution < -0.4 is 10.9 Å². The van der Waals surface area contributed by atoms with Gasteiger partial charge in [0.2, 0.25) is 0 Å². The molecule has 0 unspecified atom stereocenters. The number of carbonyl (C=O) groups is 2. The predicted molar refractivity (Wildman–Crippen MR) is 124 cm³/mol. The lowest BCUT2D eigenvalue weighted by molar-refractivity contribution is -0.148. The second-order valence-corrected chi connectivity index (χ2v) is 8.28. The van der Waals surface area contributed by atoms with Gasteiger partial charge in [-0.05, 0) is 37.1 Å². The molecule has 1 amide bonds. The van der Waals surface area contributed by atoms with Crippen LogP contribution >= 0.6 is 11.3 Å². The van der Waals surface area contributed by atoms with Crippen LogP contribution in [-0.2, 0) is 16.1 Å². The Kier molecular flexibility index (Phi) is 6.13. The summed E-state index contributed by atoms with van der Waals surface area (Å²) in [5.74, 6) is -0.843. The Labute approximate surface area is 188 Å². The van der Waals surface area contributed by atoms with E-state index in [4.69, 9.17) is 4.74 Å². The molecule has 0 aliphatic rings. The summed E-state index contributed by atoms with van der Waals surface area (Å²) in [6.07, 6.45) is 1.33. The van der Waals surface area contributed by atoms with Gasteiger partial charge in [-0.2, -0.15) is 0 Å². The number of anilines is 1. The number of thiophene rings is 1. The Morgan fingerprint density at radius 3 is 2.44 bits per heavy atom. The minimum atomic E-state index is -0.857. The van der Waals surface area contributed by atoms with Crippen LogP contribution in [-0.4, -0.2) is 21.4 Å². The van der Waals surface area contributed by atoms with E-state index < -0.39 is 12.0 Å². The second-order valence-electron chi connectivity index (χ2n) is 7.28. The number of esters is 1. The Bertz CT molecular complexity index is 1330. The number of benzene rings is 2. The number of nitrogens with one attached hydrogen (secondary N) is 1. The molecule has 2 heterocycles. The Balaban J connectivity index is 1.58. The van der Waals surface area contributed by atoms with Crippen molar-refractivity contribution in [2.24, 2.45) is 0 Å². The SMILES string of the molecule is Cc1c(C(=O)Nc2ccccc2)sc2ncn([C@H](C)C(=O)OCc3ccccc3)c(=O)c12. The number of para-hydroxylation sites is 1.